The SMILES string of the molecule is CCCCCCCCOc1ccc(C(=O)Nc2cccc([N+](=O)[O-])c2)cc1. The fourth-order valence-electron chi connectivity index (χ4n) is 2.68. The lowest BCUT2D eigenvalue weighted by Gasteiger charge is -2.08. The highest BCUT2D eigenvalue weighted by atomic mass is 16.6. The van der Waals surface area contributed by atoms with Gasteiger partial charge in [-0.25, -0.2) is 0 Å². The summed E-state index contributed by atoms with van der Waals surface area (Å²) in [6.45, 7) is 2.88. The summed E-state index contributed by atoms with van der Waals surface area (Å²) < 4.78 is 5.70. The second kappa shape index (κ2) is 11.0. The molecule has 0 aliphatic carbocycles. The first-order chi connectivity index (χ1) is 13.1. The molecule has 0 aliphatic rings. The van der Waals surface area contributed by atoms with Crippen molar-refractivity contribution in [3.8, 4) is 5.75 Å². The largest absolute Gasteiger partial charge is 0.494 e. The van der Waals surface area contributed by atoms with Gasteiger partial charge in [0, 0.05) is 23.4 Å². The lowest BCUT2D eigenvalue weighted by molar-refractivity contribution is -0.384. The molecule has 2 aromatic carbocycles. The van der Waals surface area contributed by atoms with Crippen LogP contribution in [0.25, 0.3) is 0 Å². The number of nitrogens with zero attached hydrogens (tertiary/aromatic N) is 1. The molecule has 0 fully saturated rings. The van der Waals surface area contributed by atoms with Crippen LogP contribution in [-0.2, 0) is 0 Å². The fraction of sp³-hybridized carbons (Fsp3) is 0.381. The van der Waals surface area contributed by atoms with Crippen LogP contribution in [0.3, 0.4) is 0 Å². The van der Waals surface area contributed by atoms with Crippen LogP contribution in [0.1, 0.15) is 55.8 Å². The number of hydrogen-bond donors (Lipinski definition) is 1. The summed E-state index contributed by atoms with van der Waals surface area (Å²) in [5.74, 6) is 0.411. The Morgan fingerprint density at radius 1 is 1.04 bits per heavy atom. The molecule has 27 heavy (non-hydrogen) atoms. The number of carbonyl (C=O) groups excluding carboxylic acids is 1. The topological polar surface area (TPSA) is 81.5 Å². The van der Waals surface area contributed by atoms with Crippen LogP contribution in [0.2, 0.25) is 0 Å². The Hall–Kier alpha value is -2.89. The lowest BCUT2D eigenvalue weighted by atomic mass is 10.1. The summed E-state index contributed by atoms with van der Waals surface area (Å²) >= 11 is 0. The molecule has 0 spiro atoms. The minimum absolute atomic E-state index is 0.0637. The zero-order valence-corrected chi connectivity index (χ0v) is 15.6. The number of carbonyl (C=O) groups is 1. The monoisotopic (exact) mass is 370 g/mol. The van der Waals surface area contributed by atoms with Crippen LogP contribution in [0.4, 0.5) is 11.4 Å². The highest BCUT2D eigenvalue weighted by molar-refractivity contribution is 6.04. The van der Waals surface area contributed by atoms with Crippen molar-refractivity contribution in [2.75, 3.05) is 11.9 Å². The van der Waals surface area contributed by atoms with E-state index >= 15 is 0 Å². The Morgan fingerprint density at radius 3 is 2.44 bits per heavy atom. The number of unbranched alkanes of at least 4 members (excludes halogenated alkanes) is 5. The second-order valence-electron chi connectivity index (χ2n) is 6.40. The molecule has 0 aliphatic heterocycles. The molecule has 2 rings (SSSR count). The van der Waals surface area contributed by atoms with Crippen molar-refractivity contribution in [3.63, 3.8) is 0 Å². The molecule has 0 heterocycles. The molecule has 2 aromatic rings. The van der Waals surface area contributed by atoms with Crippen LogP contribution in [0, 0.1) is 10.1 Å². The van der Waals surface area contributed by atoms with Crippen molar-refractivity contribution < 1.29 is 14.5 Å². The van der Waals surface area contributed by atoms with E-state index in [1.54, 1.807) is 30.3 Å². The number of rotatable bonds is 11. The van der Waals surface area contributed by atoms with Crippen molar-refractivity contribution in [2.45, 2.75) is 45.4 Å². The van der Waals surface area contributed by atoms with E-state index in [0.29, 0.717) is 17.9 Å². The normalized spacial score (nSPS) is 10.4. The van der Waals surface area contributed by atoms with E-state index in [2.05, 4.69) is 12.2 Å². The number of amides is 1. The van der Waals surface area contributed by atoms with E-state index in [9.17, 15) is 14.9 Å². The maximum Gasteiger partial charge on any atom is 0.271 e. The van der Waals surface area contributed by atoms with Crippen molar-refractivity contribution in [2.24, 2.45) is 0 Å². The number of ether oxygens (including phenoxy) is 1. The maximum atomic E-state index is 12.3. The van der Waals surface area contributed by atoms with Gasteiger partial charge in [-0.1, -0.05) is 45.1 Å². The number of nitro groups is 1. The van der Waals surface area contributed by atoms with Crippen LogP contribution in [-0.4, -0.2) is 17.4 Å². The third kappa shape index (κ3) is 7.09. The van der Waals surface area contributed by atoms with E-state index in [-0.39, 0.29) is 11.6 Å². The van der Waals surface area contributed by atoms with Gasteiger partial charge >= 0.3 is 0 Å². The number of anilines is 1. The average Bonchev–Trinajstić information content (AvgIpc) is 2.68. The highest BCUT2D eigenvalue weighted by Crippen LogP contribution is 2.19. The Balaban J connectivity index is 1.79. The molecule has 1 N–H and O–H groups in total. The third-order valence-electron chi connectivity index (χ3n) is 4.20. The summed E-state index contributed by atoms with van der Waals surface area (Å²) in [4.78, 5) is 22.6. The van der Waals surface area contributed by atoms with Gasteiger partial charge in [0.05, 0.1) is 11.5 Å². The first-order valence-electron chi connectivity index (χ1n) is 9.39. The molecule has 144 valence electrons. The van der Waals surface area contributed by atoms with Crippen LogP contribution in [0.15, 0.2) is 48.5 Å². The molecule has 1 amide bonds. The summed E-state index contributed by atoms with van der Waals surface area (Å²) in [5, 5.41) is 13.5. The van der Waals surface area contributed by atoms with Crippen molar-refractivity contribution in [1.82, 2.24) is 0 Å². The van der Waals surface area contributed by atoms with Gasteiger partial charge in [0.1, 0.15) is 5.75 Å². The third-order valence-corrected chi connectivity index (χ3v) is 4.20. The minimum atomic E-state index is -0.494. The molecule has 0 bridgehead atoms. The lowest BCUT2D eigenvalue weighted by Crippen LogP contribution is -2.11. The summed E-state index contributed by atoms with van der Waals surface area (Å²) in [6, 6.07) is 12.8. The Bertz CT molecular complexity index is 744. The average molecular weight is 370 g/mol. The molecule has 6 heteroatoms. The van der Waals surface area contributed by atoms with E-state index in [0.717, 1.165) is 12.2 Å². The zero-order chi connectivity index (χ0) is 19.5. The van der Waals surface area contributed by atoms with E-state index in [1.807, 2.05) is 0 Å². The molecule has 0 aromatic heterocycles. The van der Waals surface area contributed by atoms with Crippen molar-refractivity contribution in [1.29, 1.82) is 0 Å². The molecule has 0 atom stereocenters. The van der Waals surface area contributed by atoms with Gasteiger partial charge in [-0.15, -0.1) is 0 Å². The number of nitro benzene ring substituents is 1. The van der Waals surface area contributed by atoms with Crippen molar-refractivity contribution >= 4 is 17.3 Å². The first kappa shape index (κ1) is 20.4. The molecule has 0 radical (unpaired) electrons. The second-order valence-corrected chi connectivity index (χ2v) is 6.40. The number of hydrogen-bond acceptors (Lipinski definition) is 4. The molecular weight excluding hydrogens is 344 g/mol. The summed E-state index contributed by atoms with van der Waals surface area (Å²) in [5.41, 5.74) is 0.789. The van der Waals surface area contributed by atoms with Crippen LogP contribution < -0.4 is 10.1 Å². The van der Waals surface area contributed by atoms with E-state index in [4.69, 9.17) is 4.74 Å². The Labute approximate surface area is 159 Å². The number of benzene rings is 2. The number of nitrogens with one attached hydrogen (secondary N) is 1. The predicted octanol–water partition coefficient (Wildman–Crippen LogP) is 5.59. The van der Waals surface area contributed by atoms with Crippen LogP contribution in [0.5, 0.6) is 5.75 Å². The van der Waals surface area contributed by atoms with Gasteiger partial charge in [-0.05, 0) is 36.8 Å². The van der Waals surface area contributed by atoms with Gasteiger partial charge < -0.3 is 10.1 Å². The molecular formula is C21H26N2O4. The van der Waals surface area contributed by atoms with E-state index < -0.39 is 4.92 Å². The molecule has 0 saturated carbocycles. The Morgan fingerprint density at radius 2 is 1.74 bits per heavy atom. The zero-order valence-electron chi connectivity index (χ0n) is 15.6. The van der Waals surface area contributed by atoms with Gasteiger partial charge in [0.25, 0.3) is 11.6 Å². The van der Waals surface area contributed by atoms with Gasteiger partial charge in [0.2, 0.25) is 0 Å². The maximum absolute atomic E-state index is 12.3. The van der Waals surface area contributed by atoms with Crippen LogP contribution >= 0.6 is 0 Å². The molecule has 0 unspecified atom stereocenters. The summed E-state index contributed by atoms with van der Waals surface area (Å²) in [6.07, 6.45) is 7.26. The van der Waals surface area contributed by atoms with Gasteiger partial charge in [-0.3, -0.25) is 14.9 Å². The highest BCUT2D eigenvalue weighted by Gasteiger charge is 2.10. The molecule has 0 saturated heterocycles. The minimum Gasteiger partial charge on any atom is -0.494 e. The number of non-ortho nitro benzene ring substituents is 1. The predicted molar refractivity (Wildman–Crippen MR) is 106 cm³/mol. The van der Waals surface area contributed by atoms with E-state index in [1.165, 1.54) is 50.3 Å². The quantitative estimate of drug-likeness (QED) is 0.318. The first-order valence-corrected chi connectivity index (χ1v) is 9.39. The fourth-order valence-corrected chi connectivity index (χ4v) is 2.68. The van der Waals surface area contributed by atoms with Gasteiger partial charge in [-0.2, -0.15) is 0 Å². The smallest absolute Gasteiger partial charge is 0.271 e. The van der Waals surface area contributed by atoms with Crippen molar-refractivity contribution in [3.05, 3.63) is 64.2 Å². The standard InChI is InChI=1S/C21H26N2O4/c1-2-3-4-5-6-7-15-27-20-13-11-17(12-14-20)21(24)22-18-9-8-10-19(16-18)23(25)26/h8-14,16H,2-7,15H2,1H3,(H,22,24). The molecule has 6 nitrogen and oxygen atoms in total. The van der Waals surface area contributed by atoms with Gasteiger partial charge in [0.15, 0.2) is 0 Å². The summed E-state index contributed by atoms with van der Waals surface area (Å²) in [7, 11) is 0. The Kier molecular flexibility index (Phi) is 8.29.